The molecule has 2 amide bonds. The Morgan fingerprint density at radius 3 is 2.54 bits per heavy atom. The van der Waals surface area contributed by atoms with Crippen LogP contribution in [0.4, 0.5) is 4.39 Å². The Bertz CT molecular complexity index is 795. The van der Waals surface area contributed by atoms with Gasteiger partial charge in [-0.1, -0.05) is 29.8 Å². The maximum atomic E-state index is 13.5. The second-order valence-corrected chi connectivity index (χ2v) is 5.72. The van der Waals surface area contributed by atoms with Crippen LogP contribution in [-0.2, 0) is 16.0 Å². The Morgan fingerprint density at radius 1 is 1.12 bits per heavy atom. The summed E-state index contributed by atoms with van der Waals surface area (Å²) in [5.74, 6) is -1.03. The van der Waals surface area contributed by atoms with Crippen molar-refractivity contribution in [3.8, 4) is 11.5 Å². The van der Waals surface area contributed by atoms with E-state index < -0.39 is 23.7 Å². The van der Waals surface area contributed by atoms with Crippen LogP contribution in [-0.4, -0.2) is 25.0 Å². The number of halogens is 1. The third-order valence-corrected chi connectivity index (χ3v) is 3.62. The van der Waals surface area contributed by atoms with Crippen molar-refractivity contribution in [1.82, 2.24) is 10.9 Å². The molecular weight excluding hydrogens is 339 g/mol. The van der Waals surface area contributed by atoms with Crippen LogP contribution in [0.15, 0.2) is 42.5 Å². The Kier molecular flexibility index (Phi) is 6.54. The van der Waals surface area contributed by atoms with E-state index in [2.05, 4.69) is 10.9 Å². The molecule has 0 fully saturated rings. The molecule has 0 unspecified atom stereocenters. The van der Waals surface area contributed by atoms with Crippen molar-refractivity contribution in [2.45, 2.75) is 26.4 Å². The average molecular weight is 360 g/mol. The zero-order chi connectivity index (χ0) is 19.1. The van der Waals surface area contributed by atoms with E-state index in [0.29, 0.717) is 11.3 Å². The summed E-state index contributed by atoms with van der Waals surface area (Å²) < 4.78 is 24.0. The number of para-hydroxylation sites is 1. The highest BCUT2D eigenvalue weighted by molar-refractivity contribution is 5.85. The van der Waals surface area contributed by atoms with E-state index in [1.54, 1.807) is 12.1 Å². The summed E-state index contributed by atoms with van der Waals surface area (Å²) in [6.07, 6.45) is -0.950. The number of benzene rings is 2. The zero-order valence-corrected chi connectivity index (χ0v) is 14.8. The van der Waals surface area contributed by atoms with Crippen LogP contribution in [0.2, 0.25) is 0 Å². The molecule has 2 rings (SSSR count). The van der Waals surface area contributed by atoms with Crippen LogP contribution in [0.3, 0.4) is 0 Å². The molecule has 0 radical (unpaired) electrons. The molecule has 26 heavy (non-hydrogen) atoms. The van der Waals surface area contributed by atoms with Crippen molar-refractivity contribution in [1.29, 1.82) is 0 Å². The van der Waals surface area contributed by atoms with Crippen molar-refractivity contribution < 1.29 is 23.5 Å². The molecule has 0 aromatic heterocycles. The largest absolute Gasteiger partial charge is 0.496 e. The fraction of sp³-hybridized carbons (Fsp3) is 0.263. The third kappa shape index (κ3) is 5.20. The topological polar surface area (TPSA) is 76.7 Å². The van der Waals surface area contributed by atoms with E-state index in [1.807, 2.05) is 19.1 Å². The van der Waals surface area contributed by atoms with Gasteiger partial charge in [0.15, 0.2) is 17.7 Å². The first-order valence-corrected chi connectivity index (χ1v) is 8.04. The zero-order valence-electron chi connectivity index (χ0n) is 14.8. The molecule has 2 aromatic carbocycles. The van der Waals surface area contributed by atoms with Gasteiger partial charge in [-0.25, -0.2) is 4.39 Å². The molecule has 0 saturated heterocycles. The minimum absolute atomic E-state index is 0.0354. The second-order valence-electron chi connectivity index (χ2n) is 5.72. The van der Waals surface area contributed by atoms with Gasteiger partial charge in [-0.2, -0.15) is 0 Å². The summed E-state index contributed by atoms with van der Waals surface area (Å²) in [5, 5.41) is 0. The number of ether oxygens (including phenoxy) is 2. The number of carbonyl (C=O) groups is 2. The van der Waals surface area contributed by atoms with E-state index in [-0.39, 0.29) is 12.2 Å². The van der Waals surface area contributed by atoms with Crippen LogP contribution < -0.4 is 20.3 Å². The number of hydrazine groups is 1. The first-order chi connectivity index (χ1) is 12.4. The first kappa shape index (κ1) is 19.2. The smallest absolute Gasteiger partial charge is 0.279 e. The van der Waals surface area contributed by atoms with Crippen LogP contribution >= 0.6 is 0 Å². The normalized spacial score (nSPS) is 11.4. The lowest BCUT2D eigenvalue weighted by molar-refractivity contribution is -0.132. The van der Waals surface area contributed by atoms with E-state index in [9.17, 15) is 14.0 Å². The number of hydrogen-bond acceptors (Lipinski definition) is 4. The van der Waals surface area contributed by atoms with Gasteiger partial charge < -0.3 is 9.47 Å². The van der Waals surface area contributed by atoms with Gasteiger partial charge in [0, 0.05) is 5.56 Å². The highest BCUT2D eigenvalue weighted by Gasteiger charge is 2.17. The molecule has 138 valence electrons. The molecule has 6 nitrogen and oxygen atoms in total. The van der Waals surface area contributed by atoms with Gasteiger partial charge in [-0.15, -0.1) is 0 Å². The summed E-state index contributed by atoms with van der Waals surface area (Å²) in [4.78, 5) is 24.0. The van der Waals surface area contributed by atoms with Gasteiger partial charge in [0.25, 0.3) is 5.91 Å². The van der Waals surface area contributed by atoms with Gasteiger partial charge >= 0.3 is 0 Å². The van der Waals surface area contributed by atoms with E-state index in [1.165, 1.54) is 32.2 Å². The van der Waals surface area contributed by atoms with Gasteiger partial charge in [-0.3, -0.25) is 20.4 Å². The van der Waals surface area contributed by atoms with Crippen molar-refractivity contribution >= 4 is 11.8 Å². The number of aryl methyl sites for hydroxylation is 1. The molecule has 0 bridgehead atoms. The second kappa shape index (κ2) is 8.84. The molecule has 7 heteroatoms. The third-order valence-electron chi connectivity index (χ3n) is 3.62. The van der Waals surface area contributed by atoms with E-state index in [0.717, 1.165) is 5.56 Å². The maximum Gasteiger partial charge on any atom is 0.279 e. The van der Waals surface area contributed by atoms with Crippen LogP contribution in [0.5, 0.6) is 11.5 Å². The molecule has 0 aliphatic carbocycles. The number of methoxy groups -OCH3 is 1. The molecule has 0 aliphatic heterocycles. The number of hydrogen-bond donors (Lipinski definition) is 2. The Balaban J connectivity index is 1.88. The molecule has 0 spiro atoms. The molecule has 1 atom stereocenters. The predicted octanol–water partition coefficient (Wildman–Crippen LogP) is 2.30. The lowest BCUT2D eigenvalue weighted by Crippen LogP contribution is -2.47. The predicted molar refractivity (Wildman–Crippen MR) is 94.2 cm³/mol. The Labute approximate surface area is 151 Å². The number of rotatable bonds is 6. The monoisotopic (exact) mass is 360 g/mol. The molecule has 0 saturated carbocycles. The fourth-order valence-electron chi connectivity index (χ4n) is 2.28. The van der Waals surface area contributed by atoms with Crippen LogP contribution in [0.25, 0.3) is 0 Å². The van der Waals surface area contributed by atoms with Crippen LogP contribution in [0, 0.1) is 12.7 Å². The van der Waals surface area contributed by atoms with Crippen LogP contribution in [0.1, 0.15) is 18.1 Å². The van der Waals surface area contributed by atoms with Gasteiger partial charge in [0.05, 0.1) is 13.5 Å². The number of nitrogens with one attached hydrogen (secondary N) is 2. The van der Waals surface area contributed by atoms with Crippen molar-refractivity contribution in [3.05, 3.63) is 59.4 Å². The first-order valence-electron chi connectivity index (χ1n) is 8.04. The van der Waals surface area contributed by atoms with Gasteiger partial charge in [0.1, 0.15) is 5.75 Å². The number of amides is 2. The Morgan fingerprint density at radius 2 is 1.85 bits per heavy atom. The standard InChI is InChI=1S/C19H21FN2O4/c1-12-8-9-16(25-3)14(10-12)11-18(23)21-22-19(24)13(2)26-17-7-5-4-6-15(17)20/h4-10,13H,11H2,1-3H3,(H,21,23)(H,22,24)/t13-/m1/s1. The molecule has 2 aromatic rings. The highest BCUT2D eigenvalue weighted by Crippen LogP contribution is 2.20. The summed E-state index contributed by atoms with van der Waals surface area (Å²) in [5.41, 5.74) is 6.28. The maximum absolute atomic E-state index is 13.5. The Hall–Kier alpha value is -3.09. The lowest BCUT2D eigenvalue weighted by atomic mass is 10.1. The minimum atomic E-state index is -0.985. The summed E-state index contributed by atoms with van der Waals surface area (Å²) in [7, 11) is 1.52. The number of carbonyl (C=O) groups excluding carboxylic acids is 2. The van der Waals surface area contributed by atoms with E-state index in [4.69, 9.17) is 9.47 Å². The van der Waals surface area contributed by atoms with Crippen molar-refractivity contribution in [2.24, 2.45) is 0 Å². The van der Waals surface area contributed by atoms with Crippen molar-refractivity contribution in [2.75, 3.05) is 7.11 Å². The summed E-state index contributed by atoms with van der Waals surface area (Å²) in [6, 6.07) is 11.3. The van der Waals surface area contributed by atoms with Gasteiger partial charge in [-0.05, 0) is 32.0 Å². The molecule has 2 N–H and O–H groups in total. The van der Waals surface area contributed by atoms with Crippen molar-refractivity contribution in [3.63, 3.8) is 0 Å². The lowest BCUT2D eigenvalue weighted by Gasteiger charge is -2.16. The van der Waals surface area contributed by atoms with E-state index >= 15 is 0 Å². The molecule has 0 heterocycles. The fourth-order valence-corrected chi connectivity index (χ4v) is 2.28. The van der Waals surface area contributed by atoms with Gasteiger partial charge in [0.2, 0.25) is 5.91 Å². The quantitative estimate of drug-likeness (QED) is 0.775. The summed E-state index contributed by atoms with van der Waals surface area (Å²) >= 11 is 0. The average Bonchev–Trinajstić information content (AvgIpc) is 2.61. The molecule has 0 aliphatic rings. The highest BCUT2D eigenvalue weighted by atomic mass is 19.1. The minimum Gasteiger partial charge on any atom is -0.496 e. The SMILES string of the molecule is COc1ccc(C)cc1CC(=O)NNC(=O)[C@@H](C)Oc1ccccc1F. The molecular formula is C19H21FN2O4. The summed E-state index contributed by atoms with van der Waals surface area (Å²) in [6.45, 7) is 3.36.